The predicted molar refractivity (Wildman–Crippen MR) is 86.3 cm³/mol. The van der Waals surface area contributed by atoms with Crippen LogP contribution in [0.3, 0.4) is 0 Å². The van der Waals surface area contributed by atoms with E-state index in [1.807, 2.05) is 13.1 Å². The van der Waals surface area contributed by atoms with Crippen LogP contribution in [0.15, 0.2) is 21.1 Å². The molecule has 0 aliphatic rings. The molecule has 0 saturated carbocycles. The molecule has 0 atom stereocenters. The van der Waals surface area contributed by atoms with Gasteiger partial charge in [0.2, 0.25) is 21.0 Å². The zero-order chi connectivity index (χ0) is 14.6. The molecule has 0 unspecified atom stereocenters. The molecule has 6 radical (unpaired) electrons. The van der Waals surface area contributed by atoms with E-state index in [1.54, 1.807) is 0 Å². The highest BCUT2D eigenvalue weighted by atomic mass is 79.9. The number of anilines is 1. The van der Waals surface area contributed by atoms with E-state index in [1.165, 1.54) is 5.56 Å². The van der Waals surface area contributed by atoms with Gasteiger partial charge >= 0.3 is 0 Å². The topological polar surface area (TPSA) is 30.5 Å². The minimum atomic E-state index is -0.408. The fourth-order valence-corrected chi connectivity index (χ4v) is 4.19. The monoisotopic (exact) mass is 419 g/mol. The molecule has 19 heavy (non-hydrogen) atoms. The Kier molecular flexibility index (Phi) is 6.75. The van der Waals surface area contributed by atoms with Crippen LogP contribution in [-0.2, 0) is 15.3 Å². The van der Waals surface area contributed by atoms with Crippen LogP contribution >= 0.6 is 31.9 Å². The number of benzene rings is 1. The van der Waals surface area contributed by atoms with Gasteiger partial charge in [-0.05, 0) is 49.9 Å². The van der Waals surface area contributed by atoms with Gasteiger partial charge in [-0.2, -0.15) is 0 Å². The highest BCUT2D eigenvalue weighted by Crippen LogP contribution is 2.37. The highest BCUT2D eigenvalue weighted by molar-refractivity contribution is 9.11. The summed E-state index contributed by atoms with van der Waals surface area (Å²) in [5.74, 6) is 0. The lowest BCUT2D eigenvalue weighted by Gasteiger charge is -2.33. The maximum atomic E-state index is 5.15. The molecular formula is C12H15Br2NO2Si2. The summed E-state index contributed by atoms with van der Waals surface area (Å²) >= 11 is 7.16. The van der Waals surface area contributed by atoms with Crippen molar-refractivity contribution in [3.63, 3.8) is 0 Å². The average Bonchev–Trinajstić information content (AvgIpc) is 2.34. The van der Waals surface area contributed by atoms with Crippen LogP contribution in [0.5, 0.6) is 0 Å². The fourth-order valence-electron chi connectivity index (χ4n) is 1.88. The molecule has 0 aliphatic carbocycles. The van der Waals surface area contributed by atoms with Gasteiger partial charge in [0.1, 0.15) is 6.29 Å². The molecular weight excluding hydrogens is 406 g/mol. The third-order valence-corrected chi connectivity index (χ3v) is 4.91. The van der Waals surface area contributed by atoms with Crippen LogP contribution in [0.25, 0.3) is 0 Å². The summed E-state index contributed by atoms with van der Waals surface area (Å²) in [7, 11) is 7.99. The smallest absolute Gasteiger partial charge is 0.249 e. The molecule has 102 valence electrons. The second-order valence-corrected chi connectivity index (χ2v) is 7.00. The van der Waals surface area contributed by atoms with E-state index in [4.69, 9.17) is 8.85 Å². The molecule has 3 nitrogen and oxygen atoms in total. The third-order valence-electron chi connectivity index (χ3n) is 2.92. The molecule has 0 spiro atoms. The van der Waals surface area contributed by atoms with E-state index in [0.29, 0.717) is 0 Å². The summed E-state index contributed by atoms with van der Waals surface area (Å²) in [5, 5.41) is 3.17. The van der Waals surface area contributed by atoms with E-state index in [-0.39, 0.29) is 5.41 Å². The lowest BCUT2D eigenvalue weighted by Crippen LogP contribution is -2.35. The summed E-state index contributed by atoms with van der Waals surface area (Å²) in [6.07, 6.45) is 0.379. The predicted octanol–water partition coefficient (Wildman–Crippen LogP) is 3.35. The van der Waals surface area contributed by atoms with Crippen molar-refractivity contribution in [2.24, 2.45) is 5.41 Å². The minimum Gasteiger partial charge on any atom is -0.395 e. The standard InChI is InChI=1S/C12H15Br2NO2Si2/c1-12(2,11(16-18)17-19)6-7-4-5-8(13)10(15-3)9(7)14/h4-5,11,15H,6H2,1-3H3. The Morgan fingerprint density at radius 1 is 1.26 bits per heavy atom. The zero-order valence-electron chi connectivity index (χ0n) is 11.0. The molecule has 0 amide bonds. The molecule has 0 aromatic heterocycles. The number of halogens is 2. The largest absolute Gasteiger partial charge is 0.395 e. The van der Waals surface area contributed by atoms with Gasteiger partial charge in [0.15, 0.2) is 0 Å². The van der Waals surface area contributed by atoms with Crippen LogP contribution in [0, 0.1) is 5.41 Å². The Balaban J connectivity index is 3.06. The van der Waals surface area contributed by atoms with Gasteiger partial charge in [0, 0.05) is 21.4 Å². The Bertz CT molecular complexity index is 440. The van der Waals surface area contributed by atoms with Crippen molar-refractivity contribution in [3.8, 4) is 0 Å². The lowest BCUT2D eigenvalue weighted by atomic mass is 9.85. The van der Waals surface area contributed by atoms with Crippen LogP contribution in [-0.4, -0.2) is 34.3 Å². The highest BCUT2D eigenvalue weighted by Gasteiger charge is 2.30. The van der Waals surface area contributed by atoms with E-state index in [0.717, 1.165) is 21.1 Å². The first-order valence-corrected chi connectivity index (χ1v) is 8.07. The molecule has 1 rings (SSSR count). The minimum absolute atomic E-state index is 0.217. The molecule has 0 bridgehead atoms. The Morgan fingerprint density at radius 3 is 2.32 bits per heavy atom. The summed E-state index contributed by atoms with van der Waals surface area (Å²) in [6.45, 7) is 4.15. The fraction of sp³-hybridized carbons (Fsp3) is 0.500. The molecule has 0 saturated heterocycles. The van der Waals surface area contributed by atoms with Crippen LogP contribution in [0.1, 0.15) is 19.4 Å². The normalized spacial score (nSPS) is 12.0. The molecule has 1 N–H and O–H groups in total. The summed E-state index contributed by atoms with van der Waals surface area (Å²) in [4.78, 5) is 0. The first-order chi connectivity index (χ1) is 8.87. The molecule has 1 aromatic rings. The third kappa shape index (κ3) is 4.15. The first-order valence-electron chi connectivity index (χ1n) is 5.66. The van der Waals surface area contributed by atoms with Gasteiger partial charge in [0.05, 0.1) is 5.69 Å². The van der Waals surface area contributed by atoms with Crippen molar-refractivity contribution in [2.75, 3.05) is 12.4 Å². The van der Waals surface area contributed by atoms with Crippen molar-refractivity contribution in [1.82, 2.24) is 0 Å². The van der Waals surface area contributed by atoms with Crippen molar-refractivity contribution >= 4 is 58.5 Å². The van der Waals surface area contributed by atoms with Gasteiger partial charge in [-0.1, -0.05) is 19.9 Å². The maximum absolute atomic E-state index is 5.15. The molecule has 0 fully saturated rings. The van der Waals surface area contributed by atoms with E-state index < -0.39 is 6.29 Å². The first kappa shape index (κ1) is 17.4. The maximum Gasteiger partial charge on any atom is 0.249 e. The Labute approximate surface area is 138 Å². The summed E-state index contributed by atoms with van der Waals surface area (Å²) in [6, 6.07) is 4.11. The molecule has 0 heterocycles. The van der Waals surface area contributed by atoms with Gasteiger partial charge in [-0.25, -0.2) is 0 Å². The van der Waals surface area contributed by atoms with Crippen LogP contribution in [0.4, 0.5) is 5.69 Å². The Hall–Kier alpha value is 0.334. The lowest BCUT2D eigenvalue weighted by molar-refractivity contribution is -0.0726. The van der Waals surface area contributed by atoms with Crippen LogP contribution in [0.2, 0.25) is 0 Å². The number of nitrogens with one attached hydrogen (secondary N) is 1. The average molecular weight is 421 g/mol. The number of hydrogen-bond acceptors (Lipinski definition) is 3. The van der Waals surface area contributed by atoms with Crippen LogP contribution < -0.4 is 5.32 Å². The van der Waals surface area contributed by atoms with Crippen molar-refractivity contribution in [1.29, 1.82) is 0 Å². The number of hydrogen-bond donors (Lipinski definition) is 1. The number of rotatable bonds is 6. The molecule has 1 aromatic carbocycles. The van der Waals surface area contributed by atoms with E-state index in [2.05, 4.69) is 78.1 Å². The SMILES string of the molecule is CNc1c(Br)ccc(CC(C)(C)C(O[Si])O[Si])c1Br. The molecule has 0 aliphatic heterocycles. The van der Waals surface area contributed by atoms with Gasteiger partial charge < -0.3 is 14.2 Å². The van der Waals surface area contributed by atoms with E-state index in [9.17, 15) is 0 Å². The molecule has 7 heteroatoms. The summed E-state index contributed by atoms with van der Waals surface area (Å²) < 4.78 is 12.4. The van der Waals surface area contributed by atoms with E-state index >= 15 is 0 Å². The van der Waals surface area contributed by atoms with Gasteiger partial charge in [0.25, 0.3) is 0 Å². The van der Waals surface area contributed by atoms with Gasteiger partial charge in [-0.15, -0.1) is 0 Å². The van der Waals surface area contributed by atoms with Crippen molar-refractivity contribution < 1.29 is 8.85 Å². The van der Waals surface area contributed by atoms with Crippen molar-refractivity contribution in [3.05, 3.63) is 26.6 Å². The van der Waals surface area contributed by atoms with Gasteiger partial charge in [-0.3, -0.25) is 0 Å². The summed E-state index contributed by atoms with van der Waals surface area (Å²) in [5.41, 5.74) is 1.99. The quantitative estimate of drug-likeness (QED) is 0.565. The van der Waals surface area contributed by atoms with Crippen molar-refractivity contribution in [2.45, 2.75) is 26.6 Å². The second kappa shape index (κ2) is 7.37. The Morgan fingerprint density at radius 2 is 1.84 bits per heavy atom. The second-order valence-electron chi connectivity index (χ2n) is 4.88. The zero-order valence-corrected chi connectivity index (χ0v) is 16.2.